The molecule has 4 nitrogen and oxygen atoms in total. The lowest BCUT2D eigenvalue weighted by atomic mass is 9.94. The van der Waals surface area contributed by atoms with Gasteiger partial charge in [-0.25, -0.2) is 4.79 Å². The number of nitrogens with two attached hydrogens (primary N) is 1. The van der Waals surface area contributed by atoms with Gasteiger partial charge in [-0.05, 0) is 42.0 Å². The highest BCUT2D eigenvalue weighted by atomic mass is 32.1. The highest BCUT2D eigenvalue weighted by Gasteiger charge is 2.33. The van der Waals surface area contributed by atoms with Crippen LogP contribution in [0.15, 0.2) is 48.5 Å². The van der Waals surface area contributed by atoms with Crippen molar-refractivity contribution in [2.45, 2.75) is 31.7 Å². The van der Waals surface area contributed by atoms with Gasteiger partial charge in [-0.2, -0.15) is 0 Å². The van der Waals surface area contributed by atoms with Gasteiger partial charge in [0.05, 0.1) is 4.99 Å². The summed E-state index contributed by atoms with van der Waals surface area (Å²) >= 11 is 5.13. The number of ether oxygens (including phenoxy) is 1. The van der Waals surface area contributed by atoms with Crippen molar-refractivity contribution in [3.8, 4) is 11.1 Å². The topological polar surface area (TPSA) is 55.6 Å². The number of amides is 1. The molecular weight excluding hydrogens is 356 g/mol. The predicted molar refractivity (Wildman–Crippen MR) is 111 cm³/mol. The Labute approximate surface area is 165 Å². The number of carbonyl (C=O) groups excluding carboxylic acids is 1. The molecule has 2 aromatic rings. The van der Waals surface area contributed by atoms with E-state index in [2.05, 4.69) is 43.3 Å². The number of carbonyl (C=O) groups is 1. The minimum atomic E-state index is -0.273. The Kier molecular flexibility index (Phi) is 4.87. The maximum absolute atomic E-state index is 12.8. The van der Waals surface area contributed by atoms with E-state index in [1.165, 1.54) is 22.3 Å². The van der Waals surface area contributed by atoms with E-state index in [9.17, 15) is 4.79 Å². The smallest absolute Gasteiger partial charge is 0.410 e. The van der Waals surface area contributed by atoms with Gasteiger partial charge in [-0.1, -0.05) is 60.7 Å². The molecule has 1 aliphatic carbocycles. The van der Waals surface area contributed by atoms with Crippen LogP contribution in [-0.4, -0.2) is 35.2 Å². The van der Waals surface area contributed by atoms with Gasteiger partial charge in [0.2, 0.25) is 0 Å². The summed E-state index contributed by atoms with van der Waals surface area (Å²) in [5, 5.41) is 0. The van der Waals surface area contributed by atoms with E-state index in [0.717, 1.165) is 12.8 Å². The molecule has 0 saturated carbocycles. The van der Waals surface area contributed by atoms with Gasteiger partial charge in [0.15, 0.2) is 0 Å². The van der Waals surface area contributed by atoms with Crippen LogP contribution in [0.25, 0.3) is 11.1 Å². The first-order valence-corrected chi connectivity index (χ1v) is 9.88. The second-order valence-electron chi connectivity index (χ2n) is 7.48. The third-order valence-electron chi connectivity index (χ3n) is 5.85. The SMILES string of the molecule is CC1CCC(C(N)=S)CN1C(=O)OCC1c2ccccc2-c2ccccc21. The summed E-state index contributed by atoms with van der Waals surface area (Å²) in [6.07, 6.45) is 1.56. The molecule has 0 radical (unpaired) electrons. The highest BCUT2D eigenvalue weighted by Crippen LogP contribution is 2.44. The van der Waals surface area contributed by atoms with E-state index in [0.29, 0.717) is 18.1 Å². The zero-order chi connectivity index (χ0) is 19.0. The van der Waals surface area contributed by atoms with Gasteiger partial charge >= 0.3 is 6.09 Å². The van der Waals surface area contributed by atoms with Crippen molar-refractivity contribution in [1.82, 2.24) is 4.90 Å². The fourth-order valence-electron chi connectivity index (χ4n) is 4.27. The maximum Gasteiger partial charge on any atom is 0.410 e. The van der Waals surface area contributed by atoms with Crippen LogP contribution in [0.2, 0.25) is 0 Å². The van der Waals surface area contributed by atoms with Gasteiger partial charge in [-0.15, -0.1) is 0 Å². The fourth-order valence-corrected chi connectivity index (χ4v) is 4.46. The average molecular weight is 381 g/mol. The number of hydrogen-bond donors (Lipinski definition) is 1. The van der Waals surface area contributed by atoms with Crippen LogP contribution >= 0.6 is 12.2 Å². The van der Waals surface area contributed by atoms with E-state index in [1.807, 2.05) is 12.1 Å². The molecule has 27 heavy (non-hydrogen) atoms. The third kappa shape index (κ3) is 3.32. The van der Waals surface area contributed by atoms with E-state index in [1.54, 1.807) is 4.90 Å². The zero-order valence-electron chi connectivity index (χ0n) is 15.4. The quantitative estimate of drug-likeness (QED) is 0.806. The molecule has 1 aliphatic heterocycles. The van der Waals surface area contributed by atoms with E-state index < -0.39 is 0 Å². The van der Waals surface area contributed by atoms with Gasteiger partial charge < -0.3 is 15.4 Å². The monoisotopic (exact) mass is 380 g/mol. The number of fused-ring (bicyclic) bond motifs is 3. The molecule has 2 N–H and O–H groups in total. The van der Waals surface area contributed by atoms with Crippen molar-refractivity contribution < 1.29 is 9.53 Å². The summed E-state index contributed by atoms with van der Waals surface area (Å²) in [4.78, 5) is 15.0. The second kappa shape index (κ2) is 7.31. The first-order valence-electron chi connectivity index (χ1n) is 9.47. The summed E-state index contributed by atoms with van der Waals surface area (Å²) in [5.74, 6) is 0.157. The van der Waals surface area contributed by atoms with Crippen molar-refractivity contribution in [2.24, 2.45) is 11.7 Å². The molecule has 1 amide bonds. The molecule has 0 bridgehead atoms. The average Bonchev–Trinajstić information content (AvgIpc) is 3.00. The predicted octanol–water partition coefficient (Wildman–Crippen LogP) is 4.32. The lowest BCUT2D eigenvalue weighted by molar-refractivity contribution is 0.0696. The highest BCUT2D eigenvalue weighted by molar-refractivity contribution is 7.80. The Morgan fingerprint density at radius 1 is 1.11 bits per heavy atom. The Bertz CT molecular complexity index is 837. The molecule has 1 saturated heterocycles. The van der Waals surface area contributed by atoms with Crippen LogP contribution in [0.1, 0.15) is 36.8 Å². The lowest BCUT2D eigenvalue weighted by Gasteiger charge is -2.37. The normalized spacial score (nSPS) is 21.4. The summed E-state index contributed by atoms with van der Waals surface area (Å²) in [6, 6.07) is 16.8. The van der Waals surface area contributed by atoms with Crippen LogP contribution < -0.4 is 5.73 Å². The first-order chi connectivity index (χ1) is 13.1. The molecule has 2 atom stereocenters. The summed E-state index contributed by atoms with van der Waals surface area (Å²) < 4.78 is 5.78. The van der Waals surface area contributed by atoms with Crippen LogP contribution in [0.3, 0.4) is 0 Å². The molecule has 0 spiro atoms. The van der Waals surface area contributed by atoms with Gasteiger partial charge in [-0.3, -0.25) is 0 Å². The molecule has 140 valence electrons. The van der Waals surface area contributed by atoms with Crippen LogP contribution in [0.4, 0.5) is 4.79 Å². The van der Waals surface area contributed by atoms with Gasteiger partial charge in [0.1, 0.15) is 6.61 Å². The van der Waals surface area contributed by atoms with Crippen molar-refractivity contribution in [3.05, 3.63) is 59.7 Å². The van der Waals surface area contributed by atoms with E-state index in [4.69, 9.17) is 22.7 Å². The number of thiocarbonyl (C=S) groups is 1. The summed E-state index contributed by atoms with van der Waals surface area (Å²) in [7, 11) is 0. The van der Waals surface area contributed by atoms with Crippen molar-refractivity contribution >= 4 is 23.3 Å². The zero-order valence-corrected chi connectivity index (χ0v) is 16.2. The van der Waals surface area contributed by atoms with E-state index >= 15 is 0 Å². The summed E-state index contributed by atoms with van der Waals surface area (Å²) in [5.41, 5.74) is 10.7. The lowest BCUT2D eigenvalue weighted by Crippen LogP contribution is -2.48. The Balaban J connectivity index is 1.50. The molecule has 2 aliphatic rings. The number of likely N-dealkylation sites (tertiary alicyclic amines) is 1. The molecule has 4 rings (SSSR count). The molecule has 0 aromatic heterocycles. The molecule has 1 heterocycles. The number of rotatable bonds is 3. The second-order valence-corrected chi connectivity index (χ2v) is 7.95. The van der Waals surface area contributed by atoms with Crippen molar-refractivity contribution in [1.29, 1.82) is 0 Å². The Hall–Kier alpha value is -2.40. The molecule has 1 fully saturated rings. The van der Waals surface area contributed by atoms with Gasteiger partial charge in [0, 0.05) is 24.4 Å². The van der Waals surface area contributed by atoms with Crippen LogP contribution in [-0.2, 0) is 4.74 Å². The first kappa shape index (κ1) is 18.0. The summed E-state index contributed by atoms with van der Waals surface area (Å²) in [6.45, 7) is 2.94. The standard InChI is InChI=1S/C22H24N2O2S/c1-14-10-11-15(21(23)27)12-24(14)22(25)26-13-20-18-8-4-2-6-16(18)17-7-3-5-9-19(17)20/h2-9,14-15,20H,10-13H2,1H3,(H2,23,27). The fraction of sp³-hybridized carbons (Fsp3) is 0.364. The number of nitrogens with zero attached hydrogens (tertiary/aromatic N) is 1. The molecule has 5 heteroatoms. The maximum atomic E-state index is 12.8. The van der Waals surface area contributed by atoms with Crippen LogP contribution in [0, 0.1) is 5.92 Å². The Morgan fingerprint density at radius 3 is 2.30 bits per heavy atom. The number of hydrogen-bond acceptors (Lipinski definition) is 3. The largest absolute Gasteiger partial charge is 0.448 e. The number of piperidine rings is 1. The minimum Gasteiger partial charge on any atom is -0.448 e. The Morgan fingerprint density at radius 2 is 1.70 bits per heavy atom. The van der Waals surface area contributed by atoms with Crippen molar-refractivity contribution in [3.63, 3.8) is 0 Å². The molecule has 2 aromatic carbocycles. The molecule has 2 unspecified atom stereocenters. The minimum absolute atomic E-state index is 0.0767. The number of benzene rings is 2. The van der Waals surface area contributed by atoms with Gasteiger partial charge in [0.25, 0.3) is 0 Å². The van der Waals surface area contributed by atoms with E-state index in [-0.39, 0.29) is 24.0 Å². The third-order valence-corrected chi connectivity index (χ3v) is 6.19. The molecular formula is C22H24N2O2S. The van der Waals surface area contributed by atoms with Crippen molar-refractivity contribution in [2.75, 3.05) is 13.2 Å². The van der Waals surface area contributed by atoms with Crippen LogP contribution in [0.5, 0.6) is 0 Å².